The SMILES string of the molecule is NC(=O)OC1=NCc2ccccc21. The van der Waals surface area contributed by atoms with Crippen molar-refractivity contribution in [2.75, 3.05) is 0 Å². The molecule has 0 radical (unpaired) electrons. The number of aliphatic imine (C=N–C) groups is 1. The predicted molar refractivity (Wildman–Crippen MR) is 47.4 cm³/mol. The molecule has 2 N–H and O–H groups in total. The van der Waals surface area contributed by atoms with E-state index in [9.17, 15) is 4.79 Å². The van der Waals surface area contributed by atoms with Gasteiger partial charge in [-0.1, -0.05) is 18.2 Å². The molecule has 0 fully saturated rings. The van der Waals surface area contributed by atoms with Gasteiger partial charge in [-0.2, -0.15) is 0 Å². The number of amides is 1. The molecule has 4 nitrogen and oxygen atoms in total. The van der Waals surface area contributed by atoms with Crippen molar-refractivity contribution in [1.29, 1.82) is 0 Å². The van der Waals surface area contributed by atoms with Gasteiger partial charge < -0.3 is 10.5 Å². The molecule has 0 spiro atoms. The summed E-state index contributed by atoms with van der Waals surface area (Å²) in [5, 5.41) is 0. The smallest absolute Gasteiger partial charge is 0.391 e. The standard InChI is InChI=1S/C9H8N2O2/c10-9(12)13-8-7-4-2-1-3-6(7)5-11-8/h1-4H,5H2,(H2,10,12). The summed E-state index contributed by atoms with van der Waals surface area (Å²) >= 11 is 0. The summed E-state index contributed by atoms with van der Waals surface area (Å²) in [6.45, 7) is 0.554. The van der Waals surface area contributed by atoms with E-state index in [1.807, 2.05) is 24.3 Å². The molecule has 0 saturated carbocycles. The lowest BCUT2D eigenvalue weighted by molar-refractivity contribution is 0.208. The third-order valence-electron chi connectivity index (χ3n) is 1.84. The lowest BCUT2D eigenvalue weighted by atomic mass is 10.1. The van der Waals surface area contributed by atoms with Crippen LogP contribution in [0.1, 0.15) is 11.1 Å². The van der Waals surface area contributed by atoms with Gasteiger partial charge in [0.1, 0.15) is 0 Å². The summed E-state index contributed by atoms with van der Waals surface area (Å²) in [5.74, 6) is 0.322. The molecule has 0 aromatic heterocycles. The number of carbonyl (C=O) groups is 1. The first-order valence-corrected chi connectivity index (χ1v) is 3.87. The van der Waals surface area contributed by atoms with Gasteiger partial charge in [-0.25, -0.2) is 9.79 Å². The maximum absolute atomic E-state index is 10.5. The van der Waals surface area contributed by atoms with Gasteiger partial charge in [0.15, 0.2) is 0 Å². The van der Waals surface area contributed by atoms with E-state index in [0.29, 0.717) is 12.4 Å². The number of primary amides is 1. The van der Waals surface area contributed by atoms with Gasteiger partial charge in [-0.05, 0) is 11.6 Å². The zero-order valence-corrected chi connectivity index (χ0v) is 6.86. The number of ether oxygens (including phenoxy) is 1. The highest BCUT2D eigenvalue weighted by molar-refractivity contribution is 6.02. The Morgan fingerprint density at radius 3 is 3.00 bits per heavy atom. The van der Waals surface area contributed by atoms with Crippen molar-refractivity contribution >= 4 is 12.0 Å². The van der Waals surface area contributed by atoms with E-state index < -0.39 is 6.09 Å². The van der Waals surface area contributed by atoms with Crippen molar-refractivity contribution in [3.05, 3.63) is 35.4 Å². The Hall–Kier alpha value is -1.84. The largest absolute Gasteiger partial charge is 0.411 e. The van der Waals surface area contributed by atoms with Crippen LogP contribution in [-0.2, 0) is 11.3 Å². The van der Waals surface area contributed by atoms with Crippen LogP contribution >= 0.6 is 0 Å². The quantitative estimate of drug-likeness (QED) is 0.641. The van der Waals surface area contributed by atoms with E-state index in [1.165, 1.54) is 0 Å². The number of hydrogen-bond acceptors (Lipinski definition) is 3. The third kappa shape index (κ3) is 1.38. The molecule has 0 saturated heterocycles. The molecule has 13 heavy (non-hydrogen) atoms. The van der Waals surface area contributed by atoms with Crippen LogP contribution < -0.4 is 5.73 Å². The van der Waals surface area contributed by atoms with E-state index in [1.54, 1.807) is 0 Å². The predicted octanol–water partition coefficient (Wildman–Crippen LogP) is 1.04. The summed E-state index contributed by atoms with van der Waals surface area (Å²) in [6.07, 6.45) is -0.824. The minimum absolute atomic E-state index is 0.322. The molecule has 1 amide bonds. The molecule has 0 atom stereocenters. The molecular formula is C9H8N2O2. The van der Waals surface area contributed by atoms with Gasteiger partial charge in [0, 0.05) is 5.56 Å². The van der Waals surface area contributed by atoms with Gasteiger partial charge in [0.2, 0.25) is 5.90 Å². The van der Waals surface area contributed by atoms with Gasteiger partial charge in [0.25, 0.3) is 0 Å². The second-order valence-electron chi connectivity index (χ2n) is 2.70. The minimum Gasteiger partial charge on any atom is -0.391 e. The molecule has 2 rings (SSSR count). The maximum Gasteiger partial charge on any atom is 0.411 e. The van der Waals surface area contributed by atoms with Crippen LogP contribution in [0.3, 0.4) is 0 Å². The average molecular weight is 176 g/mol. The summed E-state index contributed by atoms with van der Waals surface area (Å²) in [6, 6.07) is 7.58. The summed E-state index contributed by atoms with van der Waals surface area (Å²) in [4.78, 5) is 14.5. The summed E-state index contributed by atoms with van der Waals surface area (Å²) in [5.41, 5.74) is 6.79. The van der Waals surface area contributed by atoms with E-state index >= 15 is 0 Å². The molecule has 4 heteroatoms. The van der Waals surface area contributed by atoms with Gasteiger partial charge in [-0.15, -0.1) is 0 Å². The molecule has 0 aliphatic carbocycles. The fourth-order valence-electron chi connectivity index (χ4n) is 1.29. The zero-order chi connectivity index (χ0) is 9.26. The molecule has 1 aliphatic heterocycles. The summed E-state index contributed by atoms with van der Waals surface area (Å²) < 4.78 is 4.73. The lowest BCUT2D eigenvalue weighted by Gasteiger charge is -2.00. The van der Waals surface area contributed by atoms with Crippen LogP contribution in [0.15, 0.2) is 29.3 Å². The van der Waals surface area contributed by atoms with Gasteiger partial charge in [-0.3, -0.25) is 0 Å². The second-order valence-corrected chi connectivity index (χ2v) is 2.70. The second kappa shape index (κ2) is 2.90. The van der Waals surface area contributed by atoms with Gasteiger partial charge in [0.05, 0.1) is 6.54 Å². The number of carbonyl (C=O) groups excluding carboxylic acids is 1. The molecule has 66 valence electrons. The van der Waals surface area contributed by atoms with E-state index in [0.717, 1.165) is 11.1 Å². The van der Waals surface area contributed by atoms with Crippen LogP contribution in [0.2, 0.25) is 0 Å². The number of rotatable bonds is 0. The molecule has 1 aromatic rings. The number of nitrogens with two attached hydrogens (primary N) is 1. The fourth-order valence-corrected chi connectivity index (χ4v) is 1.29. The summed E-state index contributed by atoms with van der Waals surface area (Å²) in [7, 11) is 0. The van der Waals surface area contributed by atoms with E-state index in [-0.39, 0.29) is 0 Å². The molecule has 0 bridgehead atoms. The number of hydrogen-bond donors (Lipinski definition) is 1. The molecule has 0 unspecified atom stereocenters. The average Bonchev–Trinajstić information content (AvgIpc) is 2.48. The number of benzene rings is 1. The van der Waals surface area contributed by atoms with Crippen LogP contribution in [0.25, 0.3) is 0 Å². The number of nitrogens with zero attached hydrogens (tertiary/aromatic N) is 1. The molecule has 1 aliphatic rings. The van der Waals surface area contributed by atoms with Crippen LogP contribution in [-0.4, -0.2) is 12.0 Å². The highest BCUT2D eigenvalue weighted by Gasteiger charge is 2.17. The Morgan fingerprint density at radius 1 is 1.46 bits per heavy atom. The van der Waals surface area contributed by atoms with Crippen molar-refractivity contribution in [2.24, 2.45) is 10.7 Å². The third-order valence-corrected chi connectivity index (χ3v) is 1.84. The fraction of sp³-hybridized carbons (Fsp3) is 0.111. The molecular weight excluding hydrogens is 168 g/mol. The molecule has 1 heterocycles. The maximum atomic E-state index is 10.5. The topological polar surface area (TPSA) is 64.7 Å². The number of fused-ring (bicyclic) bond motifs is 1. The van der Waals surface area contributed by atoms with Crippen molar-refractivity contribution in [2.45, 2.75) is 6.54 Å². The Labute approximate surface area is 75.0 Å². The molecule has 1 aromatic carbocycles. The van der Waals surface area contributed by atoms with E-state index in [2.05, 4.69) is 4.99 Å². The van der Waals surface area contributed by atoms with E-state index in [4.69, 9.17) is 10.5 Å². The first-order valence-electron chi connectivity index (χ1n) is 3.87. The van der Waals surface area contributed by atoms with Crippen LogP contribution in [0, 0.1) is 0 Å². The first-order chi connectivity index (χ1) is 6.27. The highest BCUT2D eigenvalue weighted by atomic mass is 16.6. The lowest BCUT2D eigenvalue weighted by Crippen LogP contribution is -2.18. The normalized spacial score (nSPS) is 13.4. The van der Waals surface area contributed by atoms with Crippen LogP contribution in [0.5, 0.6) is 0 Å². The monoisotopic (exact) mass is 176 g/mol. The highest BCUT2D eigenvalue weighted by Crippen LogP contribution is 2.18. The van der Waals surface area contributed by atoms with Crippen molar-refractivity contribution in [3.8, 4) is 0 Å². The van der Waals surface area contributed by atoms with Crippen molar-refractivity contribution < 1.29 is 9.53 Å². The van der Waals surface area contributed by atoms with Crippen molar-refractivity contribution in [1.82, 2.24) is 0 Å². The van der Waals surface area contributed by atoms with Gasteiger partial charge >= 0.3 is 6.09 Å². The van der Waals surface area contributed by atoms with Crippen LogP contribution in [0.4, 0.5) is 4.79 Å². The Kier molecular flexibility index (Phi) is 1.73. The Bertz CT molecular complexity index is 385. The Morgan fingerprint density at radius 2 is 2.23 bits per heavy atom. The van der Waals surface area contributed by atoms with Crippen molar-refractivity contribution in [3.63, 3.8) is 0 Å². The first kappa shape index (κ1) is 7.79. The Balaban J connectivity index is 2.31. The zero-order valence-electron chi connectivity index (χ0n) is 6.86. The minimum atomic E-state index is -0.824.